The van der Waals surface area contributed by atoms with Crippen molar-refractivity contribution >= 4 is 6.41 Å². The van der Waals surface area contributed by atoms with Crippen LogP contribution < -0.4 is 10.1 Å². The lowest BCUT2D eigenvalue weighted by Gasteiger charge is -2.20. The van der Waals surface area contributed by atoms with Gasteiger partial charge in [-0.2, -0.15) is 0 Å². The van der Waals surface area contributed by atoms with Gasteiger partial charge in [-0.3, -0.25) is 4.79 Å². The van der Waals surface area contributed by atoms with Crippen molar-refractivity contribution in [1.29, 1.82) is 0 Å². The number of rotatable bonds is 3. The second-order valence-corrected chi connectivity index (χ2v) is 5.84. The molecule has 1 aromatic carbocycles. The van der Waals surface area contributed by atoms with Crippen molar-refractivity contribution in [2.45, 2.75) is 39.0 Å². The van der Waals surface area contributed by atoms with Gasteiger partial charge in [0, 0.05) is 5.70 Å². The highest BCUT2D eigenvalue weighted by molar-refractivity contribution is 5.53. The van der Waals surface area contributed by atoms with E-state index in [0.717, 1.165) is 5.75 Å². The van der Waals surface area contributed by atoms with Crippen LogP contribution in [0.3, 0.4) is 0 Å². The van der Waals surface area contributed by atoms with Gasteiger partial charge in [0.1, 0.15) is 11.6 Å². The molecule has 0 radical (unpaired) electrons. The highest BCUT2D eigenvalue weighted by atomic mass is 19.1. The molecule has 1 aromatic rings. The van der Waals surface area contributed by atoms with Crippen LogP contribution in [0.4, 0.5) is 4.39 Å². The zero-order valence-corrected chi connectivity index (χ0v) is 14.3. The molecule has 128 valence electrons. The summed E-state index contributed by atoms with van der Waals surface area (Å²) in [4.78, 5) is 9.96. The monoisotopic (exact) mass is 329 g/mol. The lowest BCUT2D eigenvalue weighted by molar-refractivity contribution is -0.108. The molecule has 0 fully saturated rings. The van der Waals surface area contributed by atoms with E-state index in [4.69, 9.17) is 4.74 Å². The molecule has 4 heteroatoms. The number of nitrogens with one attached hydrogen (secondary N) is 1. The Balaban J connectivity index is 0.000000177. The molecule has 0 heterocycles. The third kappa shape index (κ3) is 4.82. The van der Waals surface area contributed by atoms with E-state index < -0.39 is 0 Å². The molecular weight excluding hydrogens is 305 g/mol. The molecule has 2 aliphatic carbocycles. The smallest absolute Gasteiger partial charge is 0.211 e. The first-order valence-corrected chi connectivity index (χ1v) is 8.25. The SMILES string of the molecule is COc1ccc(C)c2c1CCCC2.O=CNC1=CC(F)=CCC=C1. The Hall–Kier alpha value is -2.36. The fraction of sp³-hybridized carbons (Fsp3) is 0.350. The van der Waals surface area contributed by atoms with Crippen LogP contribution in [0.15, 0.2) is 48.0 Å². The molecule has 1 N–H and O–H groups in total. The zero-order chi connectivity index (χ0) is 17.4. The zero-order valence-electron chi connectivity index (χ0n) is 14.3. The number of carbonyl (C=O) groups is 1. The Morgan fingerprint density at radius 3 is 2.67 bits per heavy atom. The summed E-state index contributed by atoms with van der Waals surface area (Å²) in [6.45, 7) is 2.20. The van der Waals surface area contributed by atoms with E-state index in [0.29, 0.717) is 18.5 Å². The van der Waals surface area contributed by atoms with E-state index in [-0.39, 0.29) is 5.83 Å². The Morgan fingerprint density at radius 2 is 1.96 bits per heavy atom. The minimum absolute atomic E-state index is 0.320. The first-order chi connectivity index (χ1) is 11.7. The highest BCUT2D eigenvalue weighted by Crippen LogP contribution is 2.31. The maximum Gasteiger partial charge on any atom is 0.211 e. The third-order valence-corrected chi connectivity index (χ3v) is 4.21. The van der Waals surface area contributed by atoms with E-state index >= 15 is 0 Å². The van der Waals surface area contributed by atoms with Crippen molar-refractivity contribution in [2.24, 2.45) is 0 Å². The van der Waals surface area contributed by atoms with Gasteiger partial charge in [0.25, 0.3) is 0 Å². The van der Waals surface area contributed by atoms with Crippen LogP contribution in [0.5, 0.6) is 5.75 Å². The molecule has 0 atom stereocenters. The van der Waals surface area contributed by atoms with Crippen molar-refractivity contribution < 1.29 is 13.9 Å². The number of amides is 1. The summed E-state index contributed by atoms with van der Waals surface area (Å²) in [6.07, 6.45) is 12.3. The number of hydrogen-bond donors (Lipinski definition) is 1. The fourth-order valence-corrected chi connectivity index (χ4v) is 2.99. The standard InChI is InChI=1S/C12H16O.C8H8FNO/c1-9-7-8-12(13-2)11-6-4-3-5-10(9)11;9-7-3-1-2-4-8(5-7)10-6-11/h7-8H,3-6H2,1-2H3;2-6H,1H2,(H,10,11). The summed E-state index contributed by atoms with van der Waals surface area (Å²) in [5.41, 5.74) is 4.89. The Bertz CT molecular complexity index is 674. The third-order valence-electron chi connectivity index (χ3n) is 4.21. The van der Waals surface area contributed by atoms with Gasteiger partial charge in [-0.05, 0) is 80.0 Å². The number of benzene rings is 1. The highest BCUT2D eigenvalue weighted by Gasteiger charge is 2.15. The van der Waals surface area contributed by atoms with Crippen molar-refractivity contribution in [3.05, 3.63) is 64.7 Å². The maximum absolute atomic E-state index is 12.6. The molecule has 3 nitrogen and oxygen atoms in total. The van der Waals surface area contributed by atoms with E-state index in [9.17, 15) is 9.18 Å². The van der Waals surface area contributed by atoms with Crippen molar-refractivity contribution in [3.63, 3.8) is 0 Å². The minimum atomic E-state index is -0.320. The number of halogens is 1. The van der Waals surface area contributed by atoms with Gasteiger partial charge in [-0.25, -0.2) is 4.39 Å². The van der Waals surface area contributed by atoms with Gasteiger partial charge in [0.15, 0.2) is 0 Å². The molecule has 24 heavy (non-hydrogen) atoms. The van der Waals surface area contributed by atoms with E-state index in [1.54, 1.807) is 19.3 Å². The summed E-state index contributed by atoms with van der Waals surface area (Å²) in [7, 11) is 1.76. The van der Waals surface area contributed by atoms with Gasteiger partial charge in [-0.1, -0.05) is 12.1 Å². The molecule has 0 saturated carbocycles. The molecule has 1 amide bonds. The van der Waals surface area contributed by atoms with Crippen LogP contribution in [0.2, 0.25) is 0 Å². The van der Waals surface area contributed by atoms with Crippen LogP contribution in [-0.2, 0) is 17.6 Å². The number of aryl methyl sites for hydroxylation is 1. The number of allylic oxidation sites excluding steroid dienone is 5. The summed E-state index contributed by atoms with van der Waals surface area (Å²) in [5, 5.41) is 2.37. The van der Waals surface area contributed by atoms with E-state index in [2.05, 4.69) is 24.4 Å². The quantitative estimate of drug-likeness (QED) is 0.839. The van der Waals surface area contributed by atoms with Gasteiger partial charge >= 0.3 is 0 Å². The topological polar surface area (TPSA) is 38.3 Å². The first-order valence-electron chi connectivity index (χ1n) is 8.25. The largest absolute Gasteiger partial charge is 0.496 e. The maximum atomic E-state index is 12.6. The van der Waals surface area contributed by atoms with E-state index in [1.165, 1.54) is 54.5 Å². The van der Waals surface area contributed by atoms with Crippen LogP contribution >= 0.6 is 0 Å². The van der Waals surface area contributed by atoms with Gasteiger partial charge in [0.05, 0.1) is 7.11 Å². The molecule has 0 unspecified atom stereocenters. The molecular formula is C20H24FNO2. The van der Waals surface area contributed by atoms with Crippen LogP contribution in [-0.4, -0.2) is 13.5 Å². The van der Waals surface area contributed by atoms with Crippen molar-refractivity contribution in [3.8, 4) is 5.75 Å². The second-order valence-electron chi connectivity index (χ2n) is 5.84. The number of fused-ring (bicyclic) bond motifs is 1. The Morgan fingerprint density at radius 1 is 1.21 bits per heavy atom. The minimum Gasteiger partial charge on any atom is -0.496 e. The van der Waals surface area contributed by atoms with Gasteiger partial charge in [0.2, 0.25) is 6.41 Å². The predicted octanol–water partition coefficient (Wildman–Crippen LogP) is 4.31. The predicted molar refractivity (Wildman–Crippen MR) is 94.6 cm³/mol. The van der Waals surface area contributed by atoms with Gasteiger partial charge < -0.3 is 10.1 Å². The molecule has 0 aromatic heterocycles. The summed E-state index contributed by atoms with van der Waals surface area (Å²) >= 11 is 0. The van der Waals surface area contributed by atoms with E-state index in [1.807, 2.05) is 0 Å². The molecule has 0 saturated heterocycles. The molecule has 0 bridgehead atoms. The van der Waals surface area contributed by atoms with Gasteiger partial charge in [-0.15, -0.1) is 0 Å². The number of hydrogen-bond acceptors (Lipinski definition) is 2. The molecule has 3 rings (SSSR count). The number of ether oxygens (including phenoxy) is 1. The van der Waals surface area contributed by atoms with Crippen molar-refractivity contribution in [2.75, 3.05) is 7.11 Å². The van der Waals surface area contributed by atoms with Crippen LogP contribution in [0.1, 0.15) is 36.0 Å². The Kier molecular flexibility index (Phi) is 6.79. The second kappa shape index (κ2) is 9.06. The number of carbonyl (C=O) groups excluding carboxylic acids is 1. The summed E-state index contributed by atoms with van der Waals surface area (Å²) in [5.74, 6) is 0.764. The average Bonchev–Trinajstić information content (AvgIpc) is 2.80. The summed E-state index contributed by atoms with van der Waals surface area (Å²) in [6, 6.07) is 4.27. The fourth-order valence-electron chi connectivity index (χ4n) is 2.99. The van der Waals surface area contributed by atoms with Crippen LogP contribution in [0, 0.1) is 6.92 Å². The number of methoxy groups -OCH3 is 1. The molecule has 0 spiro atoms. The lowest BCUT2D eigenvalue weighted by Crippen LogP contribution is -2.07. The lowest BCUT2D eigenvalue weighted by atomic mass is 9.88. The Labute approximate surface area is 142 Å². The van der Waals surface area contributed by atoms with Crippen LogP contribution in [0.25, 0.3) is 0 Å². The molecule has 0 aliphatic heterocycles. The normalized spacial score (nSPS) is 15.8. The summed E-state index contributed by atoms with van der Waals surface area (Å²) < 4.78 is 18.0. The van der Waals surface area contributed by atoms with Crippen molar-refractivity contribution in [1.82, 2.24) is 5.32 Å². The average molecular weight is 329 g/mol. The molecule has 2 aliphatic rings. The first kappa shape index (κ1) is 18.0.